The molecule has 1 saturated carbocycles. The van der Waals surface area contributed by atoms with Crippen LogP contribution >= 0.6 is 11.3 Å². The zero-order valence-electron chi connectivity index (χ0n) is 17.5. The Morgan fingerprint density at radius 3 is 2.56 bits per heavy atom. The van der Waals surface area contributed by atoms with E-state index in [1.807, 2.05) is 17.5 Å². The summed E-state index contributed by atoms with van der Waals surface area (Å²) < 4.78 is 16.8. The van der Waals surface area contributed by atoms with E-state index in [1.54, 1.807) is 30.3 Å². The van der Waals surface area contributed by atoms with Gasteiger partial charge in [-0.1, -0.05) is 18.9 Å². The summed E-state index contributed by atoms with van der Waals surface area (Å²) in [6.45, 7) is 0.905. The summed E-state index contributed by atoms with van der Waals surface area (Å²) in [5, 5.41) is 5.07. The molecule has 32 heavy (non-hydrogen) atoms. The Morgan fingerprint density at radius 2 is 1.84 bits per heavy atom. The average Bonchev–Trinajstić information content (AvgIpc) is 3.60. The Labute approximate surface area is 189 Å². The minimum absolute atomic E-state index is 0.130. The molecule has 5 rings (SSSR count). The Morgan fingerprint density at radius 1 is 1.03 bits per heavy atom. The lowest BCUT2D eigenvalue weighted by atomic mass is 10.1. The van der Waals surface area contributed by atoms with Crippen molar-refractivity contribution in [3.63, 3.8) is 0 Å². The number of furan rings is 1. The molecular formula is C24H24N2O5S. The summed E-state index contributed by atoms with van der Waals surface area (Å²) in [7, 11) is 0. The number of anilines is 1. The SMILES string of the molecule is O=C(NC1CCCC1)[C@H](c1cccs1)N(C(=O)c1ccco1)c1ccc2c(c1)OCCO2. The Balaban J connectivity index is 1.57. The molecule has 3 heterocycles. The van der Waals surface area contributed by atoms with E-state index in [9.17, 15) is 9.59 Å². The number of fused-ring (bicyclic) bond motifs is 1. The monoisotopic (exact) mass is 452 g/mol. The van der Waals surface area contributed by atoms with E-state index >= 15 is 0 Å². The maximum absolute atomic E-state index is 13.6. The van der Waals surface area contributed by atoms with Crippen molar-refractivity contribution in [2.45, 2.75) is 37.8 Å². The second-order valence-electron chi connectivity index (χ2n) is 7.89. The van der Waals surface area contributed by atoms with E-state index in [2.05, 4.69) is 5.32 Å². The van der Waals surface area contributed by atoms with Gasteiger partial charge in [-0.05, 0) is 48.6 Å². The number of ether oxygens (including phenoxy) is 2. The molecule has 0 radical (unpaired) electrons. The van der Waals surface area contributed by atoms with Gasteiger partial charge < -0.3 is 19.2 Å². The van der Waals surface area contributed by atoms with Gasteiger partial charge in [0.25, 0.3) is 5.91 Å². The van der Waals surface area contributed by atoms with Gasteiger partial charge in [-0.3, -0.25) is 14.5 Å². The van der Waals surface area contributed by atoms with Gasteiger partial charge in [0.15, 0.2) is 23.3 Å². The molecule has 3 aromatic rings. The molecule has 1 fully saturated rings. The first-order valence-corrected chi connectivity index (χ1v) is 11.7. The highest BCUT2D eigenvalue weighted by molar-refractivity contribution is 7.10. The molecule has 0 unspecified atom stereocenters. The van der Waals surface area contributed by atoms with Crippen LogP contribution in [-0.2, 0) is 4.79 Å². The number of hydrogen-bond donors (Lipinski definition) is 1. The number of nitrogens with zero attached hydrogens (tertiary/aromatic N) is 1. The predicted molar refractivity (Wildman–Crippen MR) is 120 cm³/mol. The number of hydrogen-bond acceptors (Lipinski definition) is 6. The lowest BCUT2D eigenvalue weighted by molar-refractivity contribution is -0.123. The summed E-state index contributed by atoms with van der Waals surface area (Å²) in [6.07, 6.45) is 5.57. The molecule has 0 spiro atoms. The molecule has 0 saturated heterocycles. The van der Waals surface area contributed by atoms with Crippen molar-refractivity contribution >= 4 is 28.8 Å². The summed E-state index contributed by atoms with van der Waals surface area (Å²) in [5.74, 6) is 0.733. The fourth-order valence-electron chi connectivity index (χ4n) is 4.26. The van der Waals surface area contributed by atoms with Gasteiger partial charge in [0, 0.05) is 22.7 Å². The van der Waals surface area contributed by atoms with Crippen LogP contribution < -0.4 is 19.7 Å². The third-order valence-electron chi connectivity index (χ3n) is 5.78. The Kier molecular flexibility index (Phi) is 5.85. The molecular weight excluding hydrogens is 428 g/mol. The van der Waals surface area contributed by atoms with Crippen LogP contribution in [0.2, 0.25) is 0 Å². The molecule has 2 aliphatic rings. The maximum Gasteiger partial charge on any atom is 0.295 e. The summed E-state index contributed by atoms with van der Waals surface area (Å²) >= 11 is 1.44. The van der Waals surface area contributed by atoms with Gasteiger partial charge in [-0.25, -0.2) is 0 Å². The highest BCUT2D eigenvalue weighted by Gasteiger charge is 2.37. The van der Waals surface area contributed by atoms with Crippen molar-refractivity contribution in [1.82, 2.24) is 5.32 Å². The van der Waals surface area contributed by atoms with Crippen molar-refractivity contribution in [3.8, 4) is 11.5 Å². The van der Waals surface area contributed by atoms with Crippen LogP contribution in [0, 0.1) is 0 Å². The molecule has 8 heteroatoms. The lowest BCUT2D eigenvalue weighted by Crippen LogP contribution is -2.46. The maximum atomic E-state index is 13.6. The Bertz CT molecular complexity index is 1070. The second kappa shape index (κ2) is 9.08. The summed E-state index contributed by atoms with van der Waals surface area (Å²) in [6, 6.07) is 11.6. The van der Waals surface area contributed by atoms with Crippen LogP contribution in [0.15, 0.2) is 58.5 Å². The van der Waals surface area contributed by atoms with Gasteiger partial charge in [-0.2, -0.15) is 0 Å². The first kappa shape index (κ1) is 20.6. The van der Waals surface area contributed by atoms with E-state index in [4.69, 9.17) is 13.9 Å². The van der Waals surface area contributed by atoms with Gasteiger partial charge in [0.1, 0.15) is 13.2 Å². The molecule has 166 valence electrons. The largest absolute Gasteiger partial charge is 0.486 e. The van der Waals surface area contributed by atoms with E-state index in [1.165, 1.54) is 22.5 Å². The second-order valence-corrected chi connectivity index (χ2v) is 8.87. The topological polar surface area (TPSA) is 81.0 Å². The van der Waals surface area contributed by atoms with Crippen LogP contribution in [-0.4, -0.2) is 31.1 Å². The first-order valence-electron chi connectivity index (χ1n) is 10.8. The molecule has 1 atom stereocenters. The highest BCUT2D eigenvalue weighted by Crippen LogP contribution is 2.38. The highest BCUT2D eigenvalue weighted by atomic mass is 32.1. The van der Waals surface area contributed by atoms with E-state index in [0.717, 1.165) is 30.6 Å². The number of nitrogens with one attached hydrogen (secondary N) is 1. The van der Waals surface area contributed by atoms with Crippen molar-refractivity contribution < 1.29 is 23.5 Å². The van der Waals surface area contributed by atoms with E-state index < -0.39 is 11.9 Å². The quantitative estimate of drug-likeness (QED) is 0.593. The number of carbonyl (C=O) groups excluding carboxylic acids is 2. The number of amides is 2. The van der Waals surface area contributed by atoms with Gasteiger partial charge >= 0.3 is 0 Å². The third-order valence-corrected chi connectivity index (χ3v) is 6.70. The van der Waals surface area contributed by atoms with Crippen LogP contribution in [0.25, 0.3) is 0 Å². The van der Waals surface area contributed by atoms with Crippen LogP contribution in [0.4, 0.5) is 5.69 Å². The van der Waals surface area contributed by atoms with Crippen LogP contribution in [0.3, 0.4) is 0 Å². The number of carbonyl (C=O) groups is 2. The van der Waals surface area contributed by atoms with Crippen LogP contribution in [0.1, 0.15) is 47.2 Å². The standard InChI is InChI=1S/C24H24N2O5S/c27-23(25-16-5-1-2-6-16)22(21-8-4-14-32-21)26(24(28)19-7-3-11-29-19)17-9-10-18-20(15-17)31-13-12-30-18/h3-4,7-11,14-16,22H,1-2,5-6,12-13H2,(H,25,27)/t22-/m0/s1. The van der Waals surface area contributed by atoms with E-state index in [-0.39, 0.29) is 17.7 Å². The van der Waals surface area contributed by atoms with Gasteiger partial charge in [0.05, 0.1) is 6.26 Å². The number of thiophene rings is 1. The molecule has 1 aromatic carbocycles. The molecule has 0 bridgehead atoms. The average molecular weight is 453 g/mol. The lowest BCUT2D eigenvalue weighted by Gasteiger charge is -2.31. The molecule has 2 aromatic heterocycles. The van der Waals surface area contributed by atoms with Crippen molar-refractivity contribution in [2.24, 2.45) is 0 Å². The Hall–Kier alpha value is -3.26. The fourth-order valence-corrected chi connectivity index (χ4v) is 5.07. The van der Waals surface area contributed by atoms with Crippen LogP contribution in [0.5, 0.6) is 11.5 Å². The number of benzene rings is 1. The molecule has 1 N–H and O–H groups in total. The number of rotatable bonds is 6. The molecule has 7 nitrogen and oxygen atoms in total. The zero-order valence-corrected chi connectivity index (χ0v) is 18.3. The van der Waals surface area contributed by atoms with E-state index in [0.29, 0.717) is 30.4 Å². The van der Waals surface area contributed by atoms with Gasteiger partial charge in [-0.15, -0.1) is 11.3 Å². The van der Waals surface area contributed by atoms with Crippen molar-refractivity contribution in [1.29, 1.82) is 0 Å². The van der Waals surface area contributed by atoms with Gasteiger partial charge in [0.2, 0.25) is 5.91 Å². The molecule has 1 aliphatic heterocycles. The third kappa shape index (κ3) is 4.10. The summed E-state index contributed by atoms with van der Waals surface area (Å²) in [5.41, 5.74) is 0.538. The molecule has 1 aliphatic carbocycles. The first-order chi connectivity index (χ1) is 15.7. The normalized spacial score (nSPS) is 16.5. The smallest absolute Gasteiger partial charge is 0.295 e. The molecule has 2 amide bonds. The minimum atomic E-state index is -0.837. The predicted octanol–water partition coefficient (Wildman–Crippen LogP) is 4.56. The van der Waals surface area contributed by atoms with Crippen molar-refractivity contribution in [2.75, 3.05) is 18.1 Å². The summed E-state index contributed by atoms with van der Waals surface area (Å²) in [4.78, 5) is 29.5. The van der Waals surface area contributed by atoms with Crippen molar-refractivity contribution in [3.05, 3.63) is 64.7 Å². The minimum Gasteiger partial charge on any atom is -0.486 e. The zero-order chi connectivity index (χ0) is 21.9. The fraction of sp³-hybridized carbons (Fsp3) is 0.333.